The van der Waals surface area contributed by atoms with Crippen LogP contribution in [0.2, 0.25) is 0 Å². The minimum absolute atomic E-state index is 0.0704. The summed E-state index contributed by atoms with van der Waals surface area (Å²) < 4.78 is 13.0. The number of hydrogen-bond donors (Lipinski definition) is 2. The number of benzene rings is 1. The zero-order chi connectivity index (χ0) is 19.4. The first-order valence-electron chi connectivity index (χ1n) is 9.08. The topological polar surface area (TPSA) is 99.1 Å². The summed E-state index contributed by atoms with van der Waals surface area (Å²) >= 11 is 0. The zero-order valence-corrected chi connectivity index (χ0v) is 14.9. The predicted molar refractivity (Wildman–Crippen MR) is 95.1 cm³/mol. The Bertz CT molecular complexity index is 755. The molecule has 1 aromatic rings. The van der Waals surface area contributed by atoms with Gasteiger partial charge in [-0.2, -0.15) is 5.10 Å². The van der Waals surface area contributed by atoms with Crippen molar-refractivity contribution < 1.29 is 23.9 Å². The van der Waals surface area contributed by atoms with Crippen molar-refractivity contribution in [2.45, 2.75) is 51.1 Å². The van der Waals surface area contributed by atoms with Gasteiger partial charge in [0.25, 0.3) is 5.91 Å². The summed E-state index contributed by atoms with van der Waals surface area (Å²) in [5, 5.41) is 17.4. The van der Waals surface area contributed by atoms with Gasteiger partial charge >= 0.3 is 5.97 Å². The van der Waals surface area contributed by atoms with E-state index in [0.717, 1.165) is 5.56 Å². The lowest BCUT2D eigenvalue weighted by Crippen LogP contribution is -2.44. The molecule has 0 radical (unpaired) electrons. The minimum atomic E-state index is -0.786. The first kappa shape index (κ1) is 19.0. The molecule has 1 fully saturated rings. The second-order valence-corrected chi connectivity index (χ2v) is 6.98. The van der Waals surface area contributed by atoms with E-state index in [9.17, 15) is 18.8 Å². The molecule has 7 nitrogen and oxygen atoms in total. The van der Waals surface area contributed by atoms with Crippen LogP contribution < -0.4 is 5.32 Å². The predicted octanol–water partition coefficient (Wildman–Crippen LogP) is 2.06. The third-order valence-electron chi connectivity index (χ3n) is 5.02. The normalized spacial score (nSPS) is 22.9. The number of nitrogens with one attached hydrogen (secondary N) is 1. The Morgan fingerprint density at radius 2 is 1.81 bits per heavy atom. The smallest absolute Gasteiger partial charge is 0.306 e. The lowest BCUT2D eigenvalue weighted by molar-refractivity contribution is -0.142. The van der Waals surface area contributed by atoms with Gasteiger partial charge in [0.2, 0.25) is 5.91 Å². The molecule has 2 N–H and O–H groups in total. The number of hydrogen-bond acceptors (Lipinski definition) is 4. The third kappa shape index (κ3) is 4.90. The maximum Gasteiger partial charge on any atom is 0.306 e. The van der Waals surface area contributed by atoms with Crippen LogP contribution in [0.3, 0.4) is 0 Å². The van der Waals surface area contributed by atoms with Crippen molar-refractivity contribution in [1.82, 2.24) is 10.3 Å². The number of carbonyl (C=O) groups excluding carboxylic acids is 2. The monoisotopic (exact) mass is 375 g/mol. The minimum Gasteiger partial charge on any atom is -0.481 e. The van der Waals surface area contributed by atoms with E-state index in [1.807, 2.05) is 0 Å². The molecule has 1 aromatic carbocycles. The van der Waals surface area contributed by atoms with E-state index in [1.165, 1.54) is 17.1 Å². The van der Waals surface area contributed by atoms with Crippen molar-refractivity contribution in [2.24, 2.45) is 11.0 Å². The summed E-state index contributed by atoms with van der Waals surface area (Å²) in [6.45, 7) is 0.180. The molecular weight excluding hydrogens is 353 g/mol. The van der Waals surface area contributed by atoms with E-state index in [4.69, 9.17) is 5.11 Å². The Morgan fingerprint density at radius 1 is 1.15 bits per heavy atom. The van der Waals surface area contributed by atoms with Gasteiger partial charge in [0.1, 0.15) is 11.5 Å². The summed E-state index contributed by atoms with van der Waals surface area (Å²) in [6, 6.07) is 5.71. The lowest BCUT2D eigenvalue weighted by atomic mass is 9.86. The fourth-order valence-corrected chi connectivity index (χ4v) is 3.40. The molecule has 27 heavy (non-hydrogen) atoms. The highest BCUT2D eigenvalue weighted by Crippen LogP contribution is 2.24. The van der Waals surface area contributed by atoms with Gasteiger partial charge in [0.15, 0.2) is 0 Å². The van der Waals surface area contributed by atoms with Crippen molar-refractivity contribution in [2.75, 3.05) is 0 Å². The molecule has 2 amide bonds. The summed E-state index contributed by atoms with van der Waals surface area (Å²) in [5.41, 5.74) is 1.01. The SMILES string of the molecule is O=C(NC1CCC(C(=O)O)CC1)C1=NN(Cc2ccc(F)cc2)C(=O)CC1. The molecule has 0 aromatic heterocycles. The molecule has 1 aliphatic heterocycles. The van der Waals surface area contributed by atoms with Crippen LogP contribution in [0.5, 0.6) is 0 Å². The zero-order valence-electron chi connectivity index (χ0n) is 14.9. The second kappa shape index (κ2) is 8.28. The molecule has 0 bridgehead atoms. The number of rotatable bonds is 5. The number of carboxylic acid groups (broad SMARTS) is 1. The fraction of sp³-hybridized carbons (Fsp3) is 0.474. The molecule has 3 rings (SSSR count). The van der Waals surface area contributed by atoms with Crippen LogP contribution in [0.15, 0.2) is 29.4 Å². The van der Waals surface area contributed by atoms with Crippen LogP contribution in [0, 0.1) is 11.7 Å². The van der Waals surface area contributed by atoms with Crippen LogP contribution >= 0.6 is 0 Å². The Kier molecular flexibility index (Phi) is 5.83. The maximum atomic E-state index is 13.0. The Morgan fingerprint density at radius 3 is 2.44 bits per heavy atom. The Hall–Kier alpha value is -2.77. The van der Waals surface area contributed by atoms with Crippen molar-refractivity contribution in [3.63, 3.8) is 0 Å². The van der Waals surface area contributed by atoms with Gasteiger partial charge < -0.3 is 10.4 Å². The van der Waals surface area contributed by atoms with Crippen molar-refractivity contribution in [3.8, 4) is 0 Å². The lowest BCUT2D eigenvalue weighted by Gasteiger charge is -2.28. The van der Waals surface area contributed by atoms with Crippen LogP contribution in [0.4, 0.5) is 4.39 Å². The molecule has 0 spiro atoms. The standard InChI is InChI=1S/C19H22FN3O4/c20-14-5-1-12(2-6-14)11-23-17(24)10-9-16(22-23)18(25)21-15-7-3-13(4-8-15)19(26)27/h1-2,5-6,13,15H,3-4,7-11H2,(H,21,25)(H,26,27). The van der Waals surface area contributed by atoms with Crippen molar-refractivity contribution in [1.29, 1.82) is 0 Å². The van der Waals surface area contributed by atoms with Crippen LogP contribution in [-0.4, -0.2) is 39.7 Å². The number of aliphatic carboxylic acids is 1. The molecule has 144 valence electrons. The fourth-order valence-electron chi connectivity index (χ4n) is 3.40. The number of amides is 2. The summed E-state index contributed by atoms with van der Waals surface area (Å²) in [4.78, 5) is 35.6. The molecule has 0 atom stereocenters. The molecule has 8 heteroatoms. The average molecular weight is 375 g/mol. The third-order valence-corrected chi connectivity index (χ3v) is 5.02. The maximum absolute atomic E-state index is 13.0. The number of carboxylic acids is 1. The summed E-state index contributed by atoms with van der Waals surface area (Å²) in [6.07, 6.45) is 2.79. The van der Waals surface area contributed by atoms with Gasteiger partial charge in [-0.3, -0.25) is 14.4 Å². The second-order valence-electron chi connectivity index (χ2n) is 6.98. The van der Waals surface area contributed by atoms with Gasteiger partial charge in [-0.15, -0.1) is 0 Å². The molecule has 2 aliphatic rings. The molecule has 1 heterocycles. The van der Waals surface area contributed by atoms with E-state index in [-0.39, 0.29) is 54.7 Å². The summed E-state index contributed by atoms with van der Waals surface area (Å²) in [5.74, 6) is -1.98. The van der Waals surface area contributed by atoms with E-state index in [2.05, 4.69) is 10.4 Å². The van der Waals surface area contributed by atoms with Gasteiger partial charge in [-0.05, 0) is 43.4 Å². The quantitative estimate of drug-likeness (QED) is 0.823. The molecular formula is C19H22FN3O4. The molecule has 0 saturated heterocycles. The van der Waals surface area contributed by atoms with Gasteiger partial charge in [0.05, 0.1) is 12.5 Å². The molecule has 0 unspecified atom stereocenters. The molecule has 1 saturated carbocycles. The van der Waals surface area contributed by atoms with Crippen molar-refractivity contribution in [3.05, 3.63) is 35.6 Å². The first-order valence-corrected chi connectivity index (χ1v) is 9.08. The van der Waals surface area contributed by atoms with Crippen LogP contribution in [0.1, 0.15) is 44.1 Å². The van der Waals surface area contributed by atoms with Crippen LogP contribution in [0.25, 0.3) is 0 Å². The number of hydrazone groups is 1. The van der Waals surface area contributed by atoms with E-state index in [0.29, 0.717) is 25.7 Å². The Balaban J connectivity index is 1.59. The van der Waals surface area contributed by atoms with Crippen molar-refractivity contribution >= 4 is 23.5 Å². The highest BCUT2D eigenvalue weighted by molar-refractivity contribution is 6.39. The van der Waals surface area contributed by atoms with Crippen LogP contribution in [-0.2, 0) is 20.9 Å². The average Bonchev–Trinajstić information content (AvgIpc) is 2.65. The van der Waals surface area contributed by atoms with Gasteiger partial charge in [0, 0.05) is 18.9 Å². The van der Waals surface area contributed by atoms with Gasteiger partial charge in [-0.25, -0.2) is 9.40 Å². The van der Waals surface area contributed by atoms with E-state index >= 15 is 0 Å². The summed E-state index contributed by atoms with van der Waals surface area (Å²) in [7, 11) is 0. The van der Waals surface area contributed by atoms with E-state index in [1.54, 1.807) is 12.1 Å². The Labute approximate surface area is 156 Å². The largest absolute Gasteiger partial charge is 0.481 e. The highest BCUT2D eigenvalue weighted by atomic mass is 19.1. The molecule has 1 aliphatic carbocycles. The number of halogens is 1. The van der Waals surface area contributed by atoms with E-state index < -0.39 is 5.97 Å². The first-order chi connectivity index (χ1) is 12.9. The highest BCUT2D eigenvalue weighted by Gasteiger charge is 2.29. The van der Waals surface area contributed by atoms with Gasteiger partial charge in [-0.1, -0.05) is 12.1 Å². The number of nitrogens with zero attached hydrogens (tertiary/aromatic N) is 2. The number of carbonyl (C=O) groups is 3.